The van der Waals surface area contributed by atoms with Gasteiger partial charge < -0.3 is 16.0 Å². The molecule has 18 heavy (non-hydrogen) atoms. The number of carbonyl (C=O) groups is 2. The van der Waals surface area contributed by atoms with Crippen molar-refractivity contribution in [2.75, 3.05) is 20.1 Å². The van der Waals surface area contributed by atoms with Crippen molar-refractivity contribution in [3.63, 3.8) is 0 Å². The maximum absolute atomic E-state index is 11.8. The fourth-order valence-corrected chi connectivity index (χ4v) is 1.40. The molecule has 0 bridgehead atoms. The molecule has 0 radical (unpaired) electrons. The molecule has 0 saturated heterocycles. The van der Waals surface area contributed by atoms with Crippen LogP contribution in [0.15, 0.2) is 30.3 Å². The Kier molecular flexibility index (Phi) is 5.32. The molecule has 0 aliphatic carbocycles. The molecule has 1 atom stereocenters. The molecule has 1 rings (SSSR count). The SMILES string of the molecule is CCN(C)C(=O)CNC(=O)[C@H](N)c1ccccc1. The second-order valence-electron chi connectivity index (χ2n) is 4.01. The molecule has 98 valence electrons. The lowest BCUT2D eigenvalue weighted by Gasteiger charge is -2.16. The summed E-state index contributed by atoms with van der Waals surface area (Å²) in [7, 11) is 1.69. The van der Waals surface area contributed by atoms with Crippen molar-refractivity contribution < 1.29 is 9.59 Å². The van der Waals surface area contributed by atoms with E-state index in [9.17, 15) is 9.59 Å². The quantitative estimate of drug-likeness (QED) is 0.787. The van der Waals surface area contributed by atoms with E-state index in [1.165, 1.54) is 4.90 Å². The first-order chi connectivity index (χ1) is 8.56. The van der Waals surface area contributed by atoms with Crippen molar-refractivity contribution in [2.45, 2.75) is 13.0 Å². The van der Waals surface area contributed by atoms with Gasteiger partial charge in [0.25, 0.3) is 0 Å². The minimum absolute atomic E-state index is 0.0241. The van der Waals surface area contributed by atoms with Crippen LogP contribution in [0.5, 0.6) is 0 Å². The summed E-state index contributed by atoms with van der Waals surface area (Å²) in [6, 6.07) is 8.31. The minimum atomic E-state index is -0.745. The first-order valence-electron chi connectivity index (χ1n) is 5.88. The van der Waals surface area contributed by atoms with Crippen LogP contribution in [0.4, 0.5) is 0 Å². The van der Waals surface area contributed by atoms with Crippen molar-refractivity contribution in [2.24, 2.45) is 5.73 Å². The Morgan fingerprint density at radius 2 is 1.94 bits per heavy atom. The summed E-state index contributed by atoms with van der Waals surface area (Å²) in [6.45, 7) is 2.46. The number of hydrogen-bond donors (Lipinski definition) is 2. The smallest absolute Gasteiger partial charge is 0.241 e. The van der Waals surface area contributed by atoms with Gasteiger partial charge in [0.15, 0.2) is 0 Å². The van der Waals surface area contributed by atoms with Crippen molar-refractivity contribution in [1.29, 1.82) is 0 Å². The lowest BCUT2D eigenvalue weighted by Crippen LogP contribution is -2.41. The lowest BCUT2D eigenvalue weighted by atomic mass is 10.1. The maximum Gasteiger partial charge on any atom is 0.241 e. The number of hydrogen-bond acceptors (Lipinski definition) is 3. The van der Waals surface area contributed by atoms with Crippen LogP contribution in [0.2, 0.25) is 0 Å². The van der Waals surface area contributed by atoms with Crippen LogP contribution in [0, 0.1) is 0 Å². The molecular weight excluding hydrogens is 230 g/mol. The first kappa shape index (κ1) is 14.2. The van der Waals surface area contributed by atoms with Crippen LogP contribution in [-0.4, -0.2) is 36.9 Å². The standard InChI is InChI=1S/C13H19N3O2/c1-3-16(2)11(17)9-15-13(18)12(14)10-7-5-4-6-8-10/h4-8,12H,3,9,14H2,1-2H3,(H,15,18)/t12-/m1/s1. The van der Waals surface area contributed by atoms with Crippen LogP contribution in [0.3, 0.4) is 0 Å². The highest BCUT2D eigenvalue weighted by Gasteiger charge is 2.16. The molecule has 0 heterocycles. The van der Waals surface area contributed by atoms with E-state index in [1.54, 1.807) is 19.2 Å². The minimum Gasteiger partial charge on any atom is -0.345 e. The fraction of sp³-hybridized carbons (Fsp3) is 0.385. The Balaban J connectivity index is 2.49. The average molecular weight is 249 g/mol. The van der Waals surface area contributed by atoms with Gasteiger partial charge in [-0.2, -0.15) is 0 Å². The molecule has 5 nitrogen and oxygen atoms in total. The molecule has 0 unspecified atom stereocenters. The second kappa shape index (κ2) is 6.76. The van der Waals surface area contributed by atoms with E-state index in [2.05, 4.69) is 5.32 Å². The van der Waals surface area contributed by atoms with Gasteiger partial charge in [-0.3, -0.25) is 9.59 Å². The summed E-state index contributed by atoms with van der Waals surface area (Å²) in [4.78, 5) is 24.8. The normalized spacial score (nSPS) is 11.7. The zero-order valence-corrected chi connectivity index (χ0v) is 10.7. The highest BCUT2D eigenvalue weighted by atomic mass is 16.2. The number of likely N-dealkylation sites (N-methyl/N-ethyl adjacent to an activating group) is 1. The van der Waals surface area contributed by atoms with Gasteiger partial charge in [-0.05, 0) is 12.5 Å². The molecule has 0 spiro atoms. The number of benzene rings is 1. The fourth-order valence-electron chi connectivity index (χ4n) is 1.40. The molecule has 0 fully saturated rings. The predicted octanol–water partition coefficient (Wildman–Crippen LogP) is 0.281. The molecule has 0 aliphatic heterocycles. The number of carbonyl (C=O) groups excluding carboxylic acids is 2. The third kappa shape index (κ3) is 3.85. The van der Waals surface area contributed by atoms with E-state index < -0.39 is 6.04 Å². The number of amides is 2. The zero-order chi connectivity index (χ0) is 13.5. The van der Waals surface area contributed by atoms with Crippen LogP contribution in [-0.2, 0) is 9.59 Å². The van der Waals surface area contributed by atoms with Crippen LogP contribution < -0.4 is 11.1 Å². The highest BCUT2D eigenvalue weighted by Crippen LogP contribution is 2.08. The molecule has 2 amide bonds. The Bertz CT molecular complexity index is 406. The van der Waals surface area contributed by atoms with Gasteiger partial charge in [-0.1, -0.05) is 30.3 Å². The molecule has 0 saturated carbocycles. The van der Waals surface area contributed by atoms with Crippen LogP contribution >= 0.6 is 0 Å². The Hall–Kier alpha value is -1.88. The summed E-state index contributed by atoms with van der Waals surface area (Å²) >= 11 is 0. The molecule has 1 aromatic carbocycles. The Morgan fingerprint density at radius 1 is 1.33 bits per heavy atom. The van der Waals surface area contributed by atoms with Gasteiger partial charge in [0.2, 0.25) is 11.8 Å². The van der Waals surface area contributed by atoms with E-state index in [0.717, 1.165) is 5.56 Å². The van der Waals surface area contributed by atoms with E-state index >= 15 is 0 Å². The average Bonchev–Trinajstić information content (AvgIpc) is 2.43. The predicted molar refractivity (Wildman–Crippen MR) is 69.7 cm³/mol. The summed E-state index contributed by atoms with van der Waals surface area (Å²) in [5.41, 5.74) is 6.52. The largest absolute Gasteiger partial charge is 0.345 e. The van der Waals surface area contributed by atoms with Crippen molar-refractivity contribution >= 4 is 11.8 Å². The van der Waals surface area contributed by atoms with Crippen LogP contribution in [0.1, 0.15) is 18.5 Å². The molecule has 3 N–H and O–H groups in total. The highest BCUT2D eigenvalue weighted by molar-refractivity contribution is 5.87. The monoisotopic (exact) mass is 249 g/mol. The zero-order valence-electron chi connectivity index (χ0n) is 10.7. The van der Waals surface area contributed by atoms with Crippen molar-refractivity contribution in [1.82, 2.24) is 10.2 Å². The van der Waals surface area contributed by atoms with Gasteiger partial charge in [-0.15, -0.1) is 0 Å². The molecule has 0 aliphatic rings. The summed E-state index contributed by atoms with van der Waals surface area (Å²) < 4.78 is 0. The summed E-state index contributed by atoms with van der Waals surface area (Å²) in [5.74, 6) is -0.481. The van der Waals surface area contributed by atoms with E-state index in [4.69, 9.17) is 5.73 Å². The molecule has 1 aromatic rings. The van der Waals surface area contributed by atoms with Gasteiger partial charge in [0, 0.05) is 13.6 Å². The summed E-state index contributed by atoms with van der Waals surface area (Å²) in [5, 5.41) is 2.54. The number of rotatable bonds is 5. The van der Waals surface area contributed by atoms with E-state index in [0.29, 0.717) is 6.54 Å². The van der Waals surface area contributed by atoms with E-state index in [-0.39, 0.29) is 18.4 Å². The number of nitrogens with zero attached hydrogens (tertiary/aromatic N) is 1. The van der Waals surface area contributed by atoms with Gasteiger partial charge in [0.1, 0.15) is 6.04 Å². The third-order valence-electron chi connectivity index (χ3n) is 2.76. The summed E-state index contributed by atoms with van der Waals surface area (Å²) in [6.07, 6.45) is 0. The number of nitrogens with one attached hydrogen (secondary N) is 1. The maximum atomic E-state index is 11.8. The lowest BCUT2D eigenvalue weighted by molar-refractivity contribution is -0.132. The van der Waals surface area contributed by atoms with Gasteiger partial charge in [-0.25, -0.2) is 0 Å². The molecule has 5 heteroatoms. The molecule has 0 aromatic heterocycles. The molecular formula is C13H19N3O2. The third-order valence-corrected chi connectivity index (χ3v) is 2.76. The Labute approximate surface area is 107 Å². The van der Waals surface area contributed by atoms with Gasteiger partial charge >= 0.3 is 0 Å². The first-order valence-corrected chi connectivity index (χ1v) is 5.88. The van der Waals surface area contributed by atoms with Crippen molar-refractivity contribution in [3.05, 3.63) is 35.9 Å². The second-order valence-corrected chi connectivity index (χ2v) is 4.01. The van der Waals surface area contributed by atoms with Gasteiger partial charge in [0.05, 0.1) is 6.54 Å². The Morgan fingerprint density at radius 3 is 2.50 bits per heavy atom. The van der Waals surface area contributed by atoms with Crippen molar-refractivity contribution in [3.8, 4) is 0 Å². The van der Waals surface area contributed by atoms with E-state index in [1.807, 2.05) is 25.1 Å². The topological polar surface area (TPSA) is 75.4 Å². The van der Waals surface area contributed by atoms with Crippen LogP contribution in [0.25, 0.3) is 0 Å². The number of nitrogens with two attached hydrogens (primary N) is 1.